The summed E-state index contributed by atoms with van der Waals surface area (Å²) in [6.45, 7) is 0.136. The van der Waals surface area contributed by atoms with Gasteiger partial charge in [-0.2, -0.15) is 5.26 Å². The van der Waals surface area contributed by atoms with E-state index < -0.39 is 0 Å². The first-order valence-electron chi connectivity index (χ1n) is 5.57. The second-order valence-electron chi connectivity index (χ2n) is 4.02. The minimum atomic E-state index is -0.00760. The van der Waals surface area contributed by atoms with Crippen molar-refractivity contribution in [3.05, 3.63) is 0 Å². The molecule has 0 aromatic rings. The van der Waals surface area contributed by atoms with Gasteiger partial charge in [-0.3, -0.25) is 4.79 Å². The third-order valence-corrected chi connectivity index (χ3v) is 2.84. The molecule has 15 heavy (non-hydrogen) atoms. The van der Waals surface area contributed by atoms with Gasteiger partial charge in [0.15, 0.2) is 0 Å². The van der Waals surface area contributed by atoms with Crippen LogP contribution in [0.15, 0.2) is 0 Å². The number of unbranched alkanes of at least 4 members (excludes halogenated alkanes) is 1. The fourth-order valence-corrected chi connectivity index (χ4v) is 1.96. The molecule has 0 saturated heterocycles. The van der Waals surface area contributed by atoms with Crippen LogP contribution in [0.2, 0.25) is 0 Å². The topological polar surface area (TPSA) is 73.1 Å². The average Bonchev–Trinajstić information content (AvgIpc) is 2.65. The summed E-state index contributed by atoms with van der Waals surface area (Å²) in [5, 5.41) is 20.3. The number of nitrogens with zero attached hydrogens (tertiary/aromatic N) is 1. The van der Waals surface area contributed by atoms with Crippen molar-refractivity contribution in [3.8, 4) is 6.07 Å². The highest BCUT2D eigenvalue weighted by Gasteiger charge is 2.27. The molecule has 0 heterocycles. The molecular formula is C11H18N2O2. The van der Waals surface area contributed by atoms with E-state index in [-0.39, 0.29) is 24.5 Å². The van der Waals surface area contributed by atoms with E-state index >= 15 is 0 Å². The number of rotatable bonds is 5. The second kappa shape index (κ2) is 6.41. The number of carbonyl (C=O) groups is 1. The van der Waals surface area contributed by atoms with E-state index in [0.29, 0.717) is 19.3 Å². The average molecular weight is 210 g/mol. The van der Waals surface area contributed by atoms with E-state index in [1.165, 1.54) is 0 Å². The van der Waals surface area contributed by atoms with Crippen molar-refractivity contribution in [2.24, 2.45) is 5.92 Å². The quantitative estimate of drug-likeness (QED) is 0.664. The summed E-state index contributed by atoms with van der Waals surface area (Å²) in [6.07, 6.45) is 4.68. The molecule has 1 fully saturated rings. The number of aliphatic hydroxyl groups excluding tert-OH is 1. The number of nitrogens with one attached hydrogen (secondary N) is 1. The smallest absolute Gasteiger partial charge is 0.220 e. The van der Waals surface area contributed by atoms with Gasteiger partial charge in [0, 0.05) is 19.1 Å². The minimum Gasteiger partial charge on any atom is -0.396 e. The Balaban J connectivity index is 2.22. The Bertz CT molecular complexity index is 247. The van der Waals surface area contributed by atoms with Gasteiger partial charge in [-0.15, -0.1) is 0 Å². The molecule has 2 atom stereocenters. The molecule has 0 aromatic heterocycles. The van der Waals surface area contributed by atoms with Crippen LogP contribution in [-0.4, -0.2) is 23.7 Å². The molecule has 1 aliphatic rings. The Hall–Kier alpha value is -1.08. The van der Waals surface area contributed by atoms with E-state index in [2.05, 4.69) is 11.4 Å². The van der Waals surface area contributed by atoms with Gasteiger partial charge in [-0.05, 0) is 32.1 Å². The maximum Gasteiger partial charge on any atom is 0.220 e. The summed E-state index contributed by atoms with van der Waals surface area (Å²) in [5.41, 5.74) is 0. The standard InChI is InChI=1S/C11H18N2O2/c12-8-9-4-3-5-10(9)13-11(15)6-1-2-7-14/h9-10,14H,1-7H2,(H,13,15). The third kappa shape index (κ3) is 3.88. The number of hydrogen-bond acceptors (Lipinski definition) is 3. The van der Waals surface area contributed by atoms with Crippen LogP contribution in [0.4, 0.5) is 0 Å². The number of hydrogen-bond donors (Lipinski definition) is 2. The largest absolute Gasteiger partial charge is 0.396 e. The number of amides is 1. The first kappa shape index (κ1) is 12.0. The Morgan fingerprint density at radius 2 is 2.27 bits per heavy atom. The number of nitriles is 1. The second-order valence-corrected chi connectivity index (χ2v) is 4.02. The third-order valence-electron chi connectivity index (χ3n) is 2.84. The van der Waals surface area contributed by atoms with E-state index in [4.69, 9.17) is 10.4 Å². The van der Waals surface area contributed by atoms with Crippen LogP contribution in [0.1, 0.15) is 38.5 Å². The van der Waals surface area contributed by atoms with Crippen LogP contribution >= 0.6 is 0 Å². The van der Waals surface area contributed by atoms with Gasteiger partial charge in [-0.25, -0.2) is 0 Å². The Morgan fingerprint density at radius 3 is 2.93 bits per heavy atom. The van der Waals surface area contributed by atoms with E-state index in [1.54, 1.807) is 0 Å². The van der Waals surface area contributed by atoms with Gasteiger partial charge >= 0.3 is 0 Å². The summed E-state index contributed by atoms with van der Waals surface area (Å²) in [7, 11) is 0. The van der Waals surface area contributed by atoms with Crippen molar-refractivity contribution in [2.45, 2.75) is 44.6 Å². The van der Waals surface area contributed by atoms with Gasteiger partial charge in [0.2, 0.25) is 5.91 Å². The lowest BCUT2D eigenvalue weighted by Crippen LogP contribution is -2.36. The molecule has 2 unspecified atom stereocenters. The zero-order valence-corrected chi connectivity index (χ0v) is 8.91. The van der Waals surface area contributed by atoms with Crippen molar-refractivity contribution in [1.82, 2.24) is 5.32 Å². The SMILES string of the molecule is N#CC1CCCC1NC(=O)CCCCO. The van der Waals surface area contributed by atoms with E-state index in [1.807, 2.05) is 0 Å². The molecule has 0 aromatic carbocycles. The summed E-state index contributed by atoms with van der Waals surface area (Å²) in [6, 6.07) is 2.28. The van der Waals surface area contributed by atoms with Gasteiger partial charge < -0.3 is 10.4 Å². The highest BCUT2D eigenvalue weighted by Crippen LogP contribution is 2.24. The molecule has 84 valence electrons. The minimum absolute atomic E-state index is 0.00760. The zero-order chi connectivity index (χ0) is 11.1. The van der Waals surface area contributed by atoms with Crippen LogP contribution in [0.25, 0.3) is 0 Å². The van der Waals surface area contributed by atoms with Crippen LogP contribution in [0.3, 0.4) is 0 Å². The van der Waals surface area contributed by atoms with Crippen molar-refractivity contribution in [1.29, 1.82) is 5.26 Å². The fourth-order valence-electron chi connectivity index (χ4n) is 1.96. The van der Waals surface area contributed by atoms with Gasteiger partial charge in [0.25, 0.3) is 0 Å². The molecule has 1 saturated carbocycles. The molecule has 0 aliphatic heterocycles. The van der Waals surface area contributed by atoms with Gasteiger partial charge in [0.05, 0.1) is 12.0 Å². The fraction of sp³-hybridized carbons (Fsp3) is 0.818. The number of carbonyl (C=O) groups excluding carboxylic acids is 1. The summed E-state index contributed by atoms with van der Waals surface area (Å²) in [5.74, 6) is 0.00221. The summed E-state index contributed by atoms with van der Waals surface area (Å²) < 4.78 is 0. The van der Waals surface area contributed by atoms with E-state index in [9.17, 15) is 4.79 Å². The molecular weight excluding hydrogens is 192 g/mol. The van der Waals surface area contributed by atoms with Crippen LogP contribution < -0.4 is 5.32 Å². The number of aliphatic hydroxyl groups is 1. The summed E-state index contributed by atoms with van der Waals surface area (Å²) >= 11 is 0. The maximum atomic E-state index is 11.4. The van der Waals surface area contributed by atoms with E-state index in [0.717, 1.165) is 19.3 Å². The Morgan fingerprint density at radius 1 is 1.47 bits per heavy atom. The Labute approximate surface area is 90.3 Å². The first-order valence-corrected chi connectivity index (χ1v) is 5.57. The molecule has 1 aliphatic carbocycles. The first-order chi connectivity index (χ1) is 7.27. The molecule has 2 N–H and O–H groups in total. The molecule has 1 rings (SSSR count). The van der Waals surface area contributed by atoms with Gasteiger partial charge in [0.1, 0.15) is 0 Å². The molecule has 0 radical (unpaired) electrons. The monoisotopic (exact) mass is 210 g/mol. The molecule has 0 spiro atoms. The maximum absolute atomic E-state index is 11.4. The van der Waals surface area contributed by atoms with Crippen LogP contribution in [0.5, 0.6) is 0 Å². The lowest BCUT2D eigenvalue weighted by atomic mass is 10.1. The van der Waals surface area contributed by atoms with Crippen molar-refractivity contribution in [3.63, 3.8) is 0 Å². The molecule has 4 heteroatoms. The van der Waals surface area contributed by atoms with Crippen molar-refractivity contribution >= 4 is 5.91 Å². The van der Waals surface area contributed by atoms with Gasteiger partial charge in [-0.1, -0.05) is 0 Å². The zero-order valence-electron chi connectivity index (χ0n) is 8.91. The molecule has 1 amide bonds. The molecule has 4 nitrogen and oxygen atoms in total. The van der Waals surface area contributed by atoms with Crippen molar-refractivity contribution < 1.29 is 9.90 Å². The van der Waals surface area contributed by atoms with Crippen LogP contribution in [-0.2, 0) is 4.79 Å². The lowest BCUT2D eigenvalue weighted by Gasteiger charge is -2.15. The normalized spacial score (nSPS) is 24.8. The molecule has 0 bridgehead atoms. The highest BCUT2D eigenvalue weighted by molar-refractivity contribution is 5.76. The van der Waals surface area contributed by atoms with Crippen LogP contribution in [0, 0.1) is 17.2 Å². The summed E-state index contributed by atoms with van der Waals surface area (Å²) in [4.78, 5) is 11.4. The predicted octanol–water partition coefficient (Wildman–Crippen LogP) is 0.957. The van der Waals surface area contributed by atoms with Crippen molar-refractivity contribution in [2.75, 3.05) is 6.61 Å². The highest BCUT2D eigenvalue weighted by atomic mass is 16.2. The predicted molar refractivity (Wildman–Crippen MR) is 55.8 cm³/mol. The Kier molecular flexibility index (Phi) is 5.13. The lowest BCUT2D eigenvalue weighted by molar-refractivity contribution is -0.122.